The zero-order valence-electron chi connectivity index (χ0n) is 23.2. The van der Waals surface area contributed by atoms with Crippen LogP contribution in [0.15, 0.2) is 0 Å². The van der Waals surface area contributed by atoms with Crippen LogP contribution in [0.2, 0.25) is 0 Å². The molecular weight excluding hydrogens is 452 g/mol. The quantitative estimate of drug-likeness (QED) is 0.139. The Balaban J connectivity index is 3.91. The van der Waals surface area contributed by atoms with Gasteiger partial charge in [-0.05, 0) is 66.8 Å². The molecule has 0 spiro atoms. The molecule has 2 amide bonds. The van der Waals surface area contributed by atoms with Crippen LogP contribution in [0, 0.1) is 5.92 Å². The molecular formula is C25H52N4O6. The first-order chi connectivity index (χ1) is 16.6. The Morgan fingerprint density at radius 1 is 0.829 bits per heavy atom. The van der Waals surface area contributed by atoms with Gasteiger partial charge in [0.25, 0.3) is 0 Å². The molecule has 0 rings (SSSR count). The van der Waals surface area contributed by atoms with Gasteiger partial charge in [0.15, 0.2) is 0 Å². The van der Waals surface area contributed by atoms with Crippen molar-refractivity contribution in [3.8, 4) is 0 Å². The molecule has 0 saturated heterocycles. The van der Waals surface area contributed by atoms with Crippen molar-refractivity contribution in [1.29, 1.82) is 0 Å². The largest absolute Gasteiger partial charge is 0.442 e. The fourth-order valence-electron chi connectivity index (χ4n) is 2.88. The van der Waals surface area contributed by atoms with Gasteiger partial charge in [-0.25, -0.2) is 4.79 Å². The number of hydrogen-bond acceptors (Lipinski definition) is 8. The van der Waals surface area contributed by atoms with Crippen molar-refractivity contribution in [3.05, 3.63) is 0 Å². The second kappa shape index (κ2) is 20.7. The molecule has 0 saturated carbocycles. The highest BCUT2D eigenvalue weighted by Crippen LogP contribution is 2.07. The lowest BCUT2D eigenvalue weighted by Crippen LogP contribution is -2.41. The van der Waals surface area contributed by atoms with Crippen molar-refractivity contribution >= 4 is 12.0 Å². The maximum absolute atomic E-state index is 12.7. The number of carbonyl (C=O) groups is 2. The molecule has 0 bridgehead atoms. The van der Waals surface area contributed by atoms with Crippen molar-refractivity contribution in [2.45, 2.75) is 91.8 Å². The standard InChI is InChI=1S/C25H52N4O6/c1-8-20(3)26-12-10-11-22(19-28-21(4)9-2)23(30)27-13-14-32-15-16-33-17-18-34-29-24(31)35-25(5,6)7/h20-22,26,28H,8-19H2,1-7H3,(H,27,30)(H,29,31)/t20?,21?,22-/m1/s1. The maximum Gasteiger partial charge on any atom is 0.431 e. The minimum Gasteiger partial charge on any atom is -0.442 e. The van der Waals surface area contributed by atoms with Crippen LogP contribution < -0.4 is 21.4 Å². The second-order valence-electron chi connectivity index (χ2n) is 9.79. The Kier molecular flexibility index (Phi) is 19.8. The second-order valence-corrected chi connectivity index (χ2v) is 9.79. The summed E-state index contributed by atoms with van der Waals surface area (Å²) in [7, 11) is 0. The van der Waals surface area contributed by atoms with Crippen LogP contribution in [-0.2, 0) is 23.8 Å². The van der Waals surface area contributed by atoms with Gasteiger partial charge in [-0.1, -0.05) is 13.8 Å². The third-order valence-corrected chi connectivity index (χ3v) is 5.33. The van der Waals surface area contributed by atoms with Gasteiger partial charge in [0, 0.05) is 25.2 Å². The summed E-state index contributed by atoms with van der Waals surface area (Å²) in [6.07, 6.45) is 3.31. The van der Waals surface area contributed by atoms with E-state index in [9.17, 15) is 9.59 Å². The lowest BCUT2D eigenvalue weighted by Gasteiger charge is -2.20. The van der Waals surface area contributed by atoms with E-state index in [-0.39, 0.29) is 18.4 Å². The predicted octanol–water partition coefficient (Wildman–Crippen LogP) is 2.76. The molecule has 0 radical (unpaired) electrons. The van der Waals surface area contributed by atoms with Crippen molar-refractivity contribution in [2.24, 2.45) is 5.92 Å². The van der Waals surface area contributed by atoms with E-state index in [0.717, 1.165) is 32.2 Å². The van der Waals surface area contributed by atoms with Crippen LogP contribution in [0.1, 0.15) is 74.1 Å². The summed E-state index contributed by atoms with van der Waals surface area (Å²) in [5, 5.41) is 9.94. The third kappa shape index (κ3) is 21.5. The summed E-state index contributed by atoms with van der Waals surface area (Å²) in [6.45, 7) is 17.8. The summed E-state index contributed by atoms with van der Waals surface area (Å²) in [4.78, 5) is 29.1. The van der Waals surface area contributed by atoms with Gasteiger partial charge in [-0.2, -0.15) is 5.48 Å². The van der Waals surface area contributed by atoms with E-state index in [1.165, 1.54) is 0 Å². The molecule has 2 unspecified atom stereocenters. The van der Waals surface area contributed by atoms with Crippen LogP contribution >= 0.6 is 0 Å². The molecule has 4 N–H and O–H groups in total. The summed E-state index contributed by atoms with van der Waals surface area (Å²) >= 11 is 0. The molecule has 10 nitrogen and oxygen atoms in total. The van der Waals surface area contributed by atoms with Crippen LogP contribution in [0.3, 0.4) is 0 Å². The summed E-state index contributed by atoms with van der Waals surface area (Å²) < 4.78 is 15.9. The van der Waals surface area contributed by atoms with Gasteiger partial charge in [-0.3, -0.25) is 9.63 Å². The average molecular weight is 505 g/mol. The Morgan fingerprint density at radius 2 is 1.43 bits per heavy atom. The van der Waals surface area contributed by atoms with Crippen LogP contribution in [0.4, 0.5) is 4.79 Å². The Bertz CT molecular complexity index is 545. The van der Waals surface area contributed by atoms with Crippen molar-refractivity contribution in [3.63, 3.8) is 0 Å². The Labute approximate surface area is 212 Å². The predicted molar refractivity (Wildman–Crippen MR) is 138 cm³/mol. The van der Waals surface area contributed by atoms with Gasteiger partial charge in [0.1, 0.15) is 5.60 Å². The number of hydroxylamine groups is 1. The van der Waals surface area contributed by atoms with Gasteiger partial charge < -0.3 is 30.2 Å². The molecule has 0 aliphatic rings. The highest BCUT2D eigenvalue weighted by Gasteiger charge is 2.18. The molecule has 0 aliphatic heterocycles. The average Bonchev–Trinajstić information content (AvgIpc) is 2.80. The molecule has 10 heteroatoms. The highest BCUT2D eigenvalue weighted by molar-refractivity contribution is 5.78. The minimum atomic E-state index is -0.636. The van der Waals surface area contributed by atoms with Crippen LogP contribution in [0.25, 0.3) is 0 Å². The first-order valence-electron chi connectivity index (χ1n) is 13.1. The summed E-state index contributed by atoms with van der Waals surface area (Å²) in [6, 6.07) is 0.897. The minimum absolute atomic E-state index is 0.0552. The molecule has 3 atom stereocenters. The first kappa shape index (κ1) is 33.5. The van der Waals surface area contributed by atoms with Gasteiger partial charge >= 0.3 is 6.09 Å². The molecule has 0 heterocycles. The van der Waals surface area contributed by atoms with Crippen molar-refractivity contribution in [2.75, 3.05) is 52.7 Å². The number of hydrogen-bond donors (Lipinski definition) is 4. The van der Waals surface area contributed by atoms with E-state index in [1.807, 2.05) is 0 Å². The molecule has 208 valence electrons. The van der Waals surface area contributed by atoms with E-state index in [2.05, 4.69) is 49.1 Å². The number of nitrogens with one attached hydrogen (secondary N) is 4. The van der Waals surface area contributed by atoms with Gasteiger partial charge in [0.05, 0.1) is 39.0 Å². The molecule has 0 aromatic carbocycles. The topological polar surface area (TPSA) is 119 Å². The molecule has 35 heavy (non-hydrogen) atoms. The number of ether oxygens (including phenoxy) is 3. The summed E-state index contributed by atoms with van der Waals surface area (Å²) in [5.74, 6) is 0.0131. The molecule has 0 aromatic rings. The van der Waals surface area contributed by atoms with Crippen molar-refractivity contribution in [1.82, 2.24) is 21.4 Å². The maximum atomic E-state index is 12.7. The lowest BCUT2D eigenvalue weighted by atomic mass is 10.0. The summed E-state index contributed by atoms with van der Waals surface area (Å²) in [5.41, 5.74) is 1.63. The smallest absolute Gasteiger partial charge is 0.431 e. The normalized spacial score (nSPS) is 14.3. The monoisotopic (exact) mass is 504 g/mol. The zero-order chi connectivity index (χ0) is 26.5. The van der Waals surface area contributed by atoms with Gasteiger partial charge in [0.2, 0.25) is 5.91 Å². The molecule has 0 aliphatic carbocycles. The van der Waals surface area contributed by atoms with E-state index in [1.54, 1.807) is 20.8 Å². The third-order valence-electron chi connectivity index (χ3n) is 5.33. The molecule has 0 aromatic heterocycles. The number of carbonyl (C=O) groups excluding carboxylic acids is 2. The highest BCUT2D eigenvalue weighted by atomic mass is 16.7. The van der Waals surface area contributed by atoms with E-state index >= 15 is 0 Å². The van der Waals surface area contributed by atoms with Crippen LogP contribution in [-0.4, -0.2) is 82.4 Å². The fraction of sp³-hybridized carbons (Fsp3) is 0.920. The zero-order valence-corrected chi connectivity index (χ0v) is 23.2. The SMILES string of the molecule is CCC(C)NCCC[C@H](CNC(C)CC)C(=O)NCCOCCOCCONC(=O)OC(C)(C)C. The first-order valence-corrected chi connectivity index (χ1v) is 13.1. The Morgan fingerprint density at radius 3 is 2.06 bits per heavy atom. The lowest BCUT2D eigenvalue weighted by molar-refractivity contribution is -0.125. The van der Waals surface area contributed by atoms with Gasteiger partial charge in [-0.15, -0.1) is 0 Å². The Hall–Kier alpha value is -1.46. The van der Waals surface area contributed by atoms with E-state index in [0.29, 0.717) is 51.6 Å². The van der Waals surface area contributed by atoms with E-state index < -0.39 is 11.7 Å². The molecule has 0 fully saturated rings. The van der Waals surface area contributed by atoms with Crippen molar-refractivity contribution < 1.29 is 28.6 Å². The van der Waals surface area contributed by atoms with E-state index in [4.69, 9.17) is 19.0 Å². The fourth-order valence-corrected chi connectivity index (χ4v) is 2.88. The van der Waals surface area contributed by atoms with Crippen LogP contribution in [0.5, 0.6) is 0 Å². The number of rotatable bonds is 21. The number of amides is 2.